The second-order valence-electron chi connectivity index (χ2n) is 25.0. The molecule has 0 aliphatic heterocycles. The van der Waals surface area contributed by atoms with E-state index >= 15 is 0 Å². The number of nitrogens with zero attached hydrogens (tertiary/aromatic N) is 2. The van der Waals surface area contributed by atoms with Crippen LogP contribution in [0.4, 0.5) is 0 Å². The topological polar surface area (TPSA) is 25.8 Å². The van der Waals surface area contributed by atoms with Crippen LogP contribution in [0.15, 0.2) is 182 Å². The smallest absolute Gasteiger partial charge is 0.0937 e. The summed E-state index contributed by atoms with van der Waals surface area (Å²) in [6.07, 6.45) is 0. The van der Waals surface area contributed by atoms with E-state index in [4.69, 9.17) is 9.97 Å². The predicted molar refractivity (Wildman–Crippen MR) is 312 cm³/mol. The molecular weight excluding hydrogens is 905 g/mol. The normalized spacial score (nSPS) is 16.9. The number of aromatic nitrogens is 2. The summed E-state index contributed by atoms with van der Waals surface area (Å²) in [6.45, 7) is 23.6. The molecule has 0 saturated heterocycles. The zero-order valence-electron chi connectivity index (χ0n) is 44.7. The minimum atomic E-state index is -0.225. The van der Waals surface area contributed by atoms with Crippen LogP contribution in [0.1, 0.15) is 125 Å². The second kappa shape index (κ2) is 14.7. The first-order valence-corrected chi connectivity index (χ1v) is 27.0. The molecule has 2 aromatic heterocycles. The Morgan fingerprint density at radius 2 is 0.453 bits per heavy atom. The largest absolute Gasteiger partial charge is 0.246 e. The van der Waals surface area contributed by atoms with E-state index in [0.29, 0.717) is 0 Å². The van der Waals surface area contributed by atoms with Crippen LogP contribution in [-0.4, -0.2) is 9.97 Å². The van der Waals surface area contributed by atoms with Crippen molar-refractivity contribution in [3.8, 4) is 101 Å². The summed E-state index contributed by atoms with van der Waals surface area (Å²) in [7, 11) is 0. The fourth-order valence-electron chi connectivity index (χ4n) is 14.7. The van der Waals surface area contributed by atoms with Crippen molar-refractivity contribution in [1.82, 2.24) is 9.97 Å². The van der Waals surface area contributed by atoms with Crippen LogP contribution in [0, 0.1) is 0 Å². The minimum Gasteiger partial charge on any atom is -0.246 e. The average Bonchev–Trinajstić information content (AvgIpc) is 4.12. The van der Waals surface area contributed by atoms with Gasteiger partial charge in [0.25, 0.3) is 0 Å². The summed E-state index contributed by atoms with van der Waals surface area (Å²) in [5.41, 5.74) is 34.8. The molecule has 2 heterocycles. The maximum atomic E-state index is 5.54. The number of rotatable bonds is 4. The molecule has 0 unspecified atom stereocenters. The van der Waals surface area contributed by atoms with Crippen molar-refractivity contribution < 1.29 is 0 Å². The molecule has 8 aromatic carbocycles. The number of hydrogen-bond donors (Lipinski definition) is 0. The third kappa shape index (κ3) is 5.92. The first-order chi connectivity index (χ1) is 35.9. The molecule has 362 valence electrons. The van der Waals surface area contributed by atoms with E-state index in [9.17, 15) is 0 Å². The standard InChI is InChI=1S/C73H60N2/c1-69(2)55-17-13-11-15-47(55)49-25-19-41(35-59(49)69)43-21-27-51-53-29-23-45(39-63(53)72(7,8)61(51)37-43)65-33-31-57-67(74-65)68-58(71(57,5)6)32-34-66(75-68)46-24-30-54-52-28-22-44(38-62(52)73(9,10)64(54)40-46)42-20-26-50-48-16-12-14-18-56(48)70(3,4)60(50)36-42/h11-40H,1-10H3. The van der Waals surface area contributed by atoms with Crippen LogP contribution in [0.25, 0.3) is 101 Å². The average molecular weight is 965 g/mol. The number of hydrogen-bond acceptors (Lipinski definition) is 2. The maximum Gasteiger partial charge on any atom is 0.0937 e. The van der Waals surface area contributed by atoms with Gasteiger partial charge in [-0.2, -0.15) is 0 Å². The van der Waals surface area contributed by atoms with Crippen molar-refractivity contribution in [3.63, 3.8) is 0 Å². The molecule has 10 aromatic rings. The number of pyridine rings is 2. The lowest BCUT2D eigenvalue weighted by molar-refractivity contribution is 0.657. The van der Waals surface area contributed by atoms with E-state index in [1.54, 1.807) is 0 Å². The molecule has 75 heavy (non-hydrogen) atoms. The van der Waals surface area contributed by atoms with Crippen molar-refractivity contribution in [1.29, 1.82) is 0 Å². The molecule has 2 heteroatoms. The van der Waals surface area contributed by atoms with E-state index in [0.717, 1.165) is 33.9 Å². The quantitative estimate of drug-likeness (QED) is 0.176. The Bertz CT molecular complexity index is 3940. The van der Waals surface area contributed by atoms with E-state index in [2.05, 4.69) is 251 Å². The fraction of sp³-hybridized carbons (Fsp3) is 0.205. The fourth-order valence-corrected chi connectivity index (χ4v) is 14.7. The third-order valence-corrected chi connectivity index (χ3v) is 19.1. The van der Waals surface area contributed by atoms with Crippen molar-refractivity contribution in [2.24, 2.45) is 0 Å². The van der Waals surface area contributed by atoms with Gasteiger partial charge in [-0.05, 0) is 171 Å². The van der Waals surface area contributed by atoms with Gasteiger partial charge in [-0.25, -0.2) is 9.97 Å². The Balaban J connectivity index is 0.736. The molecule has 0 bridgehead atoms. The van der Waals surface area contributed by atoms with Crippen molar-refractivity contribution in [2.75, 3.05) is 0 Å². The Hall–Kier alpha value is -7.94. The van der Waals surface area contributed by atoms with Crippen LogP contribution in [0.2, 0.25) is 0 Å². The van der Waals surface area contributed by atoms with E-state index in [-0.39, 0.29) is 27.1 Å². The molecular formula is C73H60N2. The van der Waals surface area contributed by atoms with Crippen LogP contribution in [-0.2, 0) is 27.1 Å². The van der Waals surface area contributed by atoms with E-state index in [1.807, 2.05) is 0 Å². The molecule has 0 fully saturated rings. The molecule has 0 radical (unpaired) electrons. The van der Waals surface area contributed by atoms with Gasteiger partial charge in [0.1, 0.15) is 0 Å². The van der Waals surface area contributed by atoms with Gasteiger partial charge in [0.15, 0.2) is 0 Å². The third-order valence-electron chi connectivity index (χ3n) is 19.1. The monoisotopic (exact) mass is 964 g/mol. The second-order valence-corrected chi connectivity index (χ2v) is 25.0. The molecule has 5 aliphatic rings. The van der Waals surface area contributed by atoms with Crippen molar-refractivity contribution in [2.45, 2.75) is 96.3 Å². The molecule has 0 spiro atoms. The van der Waals surface area contributed by atoms with Gasteiger partial charge in [-0.15, -0.1) is 0 Å². The summed E-state index contributed by atoms with van der Waals surface area (Å²) in [6, 6.07) is 69.4. The van der Waals surface area contributed by atoms with Gasteiger partial charge in [-0.1, -0.05) is 203 Å². The molecule has 2 nitrogen and oxygen atoms in total. The summed E-state index contributed by atoms with van der Waals surface area (Å²) >= 11 is 0. The SMILES string of the molecule is CC1(C)c2ccccc2-c2ccc(-c3ccc4c(c3)C(C)(C)c3cc(-c5ccc6c(n5)-c5nc(-c7ccc8c(c7)C(C)(C)c7cc(-c9ccc%10c(c9)C(C)(C)c9ccccc9-%10)ccc7-8)ccc5C6(C)C)ccc3-4)cc21. The van der Waals surface area contributed by atoms with Crippen molar-refractivity contribution in [3.05, 3.63) is 238 Å². The zero-order chi connectivity index (χ0) is 51.3. The molecule has 0 N–H and O–H groups in total. The van der Waals surface area contributed by atoms with Crippen LogP contribution in [0.5, 0.6) is 0 Å². The maximum absolute atomic E-state index is 5.54. The lowest BCUT2D eigenvalue weighted by Gasteiger charge is -2.23. The minimum absolute atomic E-state index is 0.0387. The molecule has 0 amide bonds. The predicted octanol–water partition coefficient (Wildman–Crippen LogP) is 18.7. The Morgan fingerprint density at radius 3 is 0.773 bits per heavy atom. The van der Waals surface area contributed by atoms with Crippen LogP contribution in [0.3, 0.4) is 0 Å². The number of fused-ring (bicyclic) bond motifs is 15. The zero-order valence-corrected chi connectivity index (χ0v) is 44.7. The molecule has 15 rings (SSSR count). The highest BCUT2D eigenvalue weighted by Crippen LogP contribution is 2.56. The molecule has 0 atom stereocenters. The number of benzene rings is 8. The van der Waals surface area contributed by atoms with Crippen LogP contribution < -0.4 is 0 Å². The molecule has 0 saturated carbocycles. The lowest BCUT2D eigenvalue weighted by atomic mass is 9.80. The lowest BCUT2D eigenvalue weighted by Crippen LogP contribution is -2.16. The van der Waals surface area contributed by atoms with E-state index < -0.39 is 0 Å². The summed E-state index contributed by atoms with van der Waals surface area (Å²) < 4.78 is 0. The first kappa shape index (κ1) is 44.5. The summed E-state index contributed by atoms with van der Waals surface area (Å²) in [5.74, 6) is 0. The molecule has 5 aliphatic carbocycles. The summed E-state index contributed by atoms with van der Waals surface area (Å²) in [4.78, 5) is 11.1. The van der Waals surface area contributed by atoms with E-state index in [1.165, 1.54) is 122 Å². The highest BCUT2D eigenvalue weighted by molar-refractivity contribution is 5.91. The first-order valence-electron chi connectivity index (χ1n) is 27.0. The van der Waals surface area contributed by atoms with Crippen molar-refractivity contribution >= 4 is 0 Å². The van der Waals surface area contributed by atoms with Gasteiger partial charge in [0.05, 0.1) is 22.8 Å². The van der Waals surface area contributed by atoms with Gasteiger partial charge in [0.2, 0.25) is 0 Å². The van der Waals surface area contributed by atoms with Crippen LogP contribution >= 0.6 is 0 Å². The Labute approximate surface area is 442 Å². The highest BCUT2D eigenvalue weighted by Gasteiger charge is 2.42. The van der Waals surface area contributed by atoms with Gasteiger partial charge in [-0.3, -0.25) is 0 Å². The van der Waals surface area contributed by atoms with Gasteiger partial charge in [0, 0.05) is 38.2 Å². The van der Waals surface area contributed by atoms with Gasteiger partial charge >= 0.3 is 0 Å². The Kier molecular flexibility index (Phi) is 8.71. The highest BCUT2D eigenvalue weighted by atomic mass is 14.8. The van der Waals surface area contributed by atoms with Gasteiger partial charge < -0.3 is 0 Å². The Morgan fingerprint density at radius 1 is 0.213 bits per heavy atom. The summed E-state index contributed by atoms with van der Waals surface area (Å²) in [5, 5.41) is 0.